The van der Waals surface area contributed by atoms with Crippen molar-refractivity contribution in [3.63, 3.8) is 0 Å². The molecule has 1 heterocycles. The largest absolute Gasteiger partial charge is 0.490 e. The molecule has 1 saturated carbocycles. The van der Waals surface area contributed by atoms with Crippen LogP contribution in [-0.4, -0.2) is 11.2 Å². The van der Waals surface area contributed by atoms with Crippen LogP contribution in [0.25, 0.3) is 0 Å². The molecule has 2 nitrogen and oxygen atoms in total. The molecule has 17 heavy (non-hydrogen) atoms. The predicted octanol–water partition coefficient (Wildman–Crippen LogP) is 3.02. The van der Waals surface area contributed by atoms with Gasteiger partial charge >= 0.3 is 0 Å². The lowest BCUT2D eigenvalue weighted by Crippen LogP contribution is -2.09. The van der Waals surface area contributed by atoms with Crippen molar-refractivity contribution in [3.8, 4) is 5.75 Å². The molecule has 1 aromatic carbocycles. The first-order valence-corrected chi connectivity index (χ1v) is 6.66. The Balaban J connectivity index is 1.84. The molecule has 1 aliphatic heterocycles. The van der Waals surface area contributed by atoms with Crippen molar-refractivity contribution in [2.24, 2.45) is 5.92 Å². The average Bonchev–Trinajstić information content (AvgIpc) is 2.80. The van der Waals surface area contributed by atoms with Gasteiger partial charge in [0.1, 0.15) is 11.9 Å². The minimum absolute atomic E-state index is 0.278. The van der Waals surface area contributed by atoms with Crippen molar-refractivity contribution in [2.45, 2.75) is 51.2 Å². The standard InChI is InChI=1S/C15H20O2/c1-3-4-13-9-15(13,16)12-5-6-14-11(8-12)7-10(2)17-14/h5-6,8,10,13,16H,3-4,7,9H2,1-2H3. The van der Waals surface area contributed by atoms with Crippen LogP contribution in [0.5, 0.6) is 5.75 Å². The fraction of sp³-hybridized carbons (Fsp3) is 0.600. The highest BCUT2D eigenvalue weighted by Crippen LogP contribution is 2.54. The summed E-state index contributed by atoms with van der Waals surface area (Å²) in [4.78, 5) is 0. The summed E-state index contributed by atoms with van der Waals surface area (Å²) in [6.07, 6.45) is 4.45. The molecule has 3 unspecified atom stereocenters. The quantitative estimate of drug-likeness (QED) is 0.868. The van der Waals surface area contributed by atoms with Gasteiger partial charge in [-0.05, 0) is 48.9 Å². The first kappa shape index (κ1) is 11.1. The molecule has 0 bridgehead atoms. The molecule has 1 N–H and O–H groups in total. The van der Waals surface area contributed by atoms with E-state index in [1.54, 1.807) is 0 Å². The monoisotopic (exact) mass is 232 g/mol. The van der Waals surface area contributed by atoms with Crippen molar-refractivity contribution in [1.82, 2.24) is 0 Å². The first-order valence-electron chi connectivity index (χ1n) is 6.66. The molecule has 92 valence electrons. The van der Waals surface area contributed by atoms with Crippen LogP contribution in [0.15, 0.2) is 18.2 Å². The second kappa shape index (κ2) is 3.74. The van der Waals surface area contributed by atoms with E-state index in [2.05, 4.69) is 19.9 Å². The van der Waals surface area contributed by atoms with E-state index in [0.717, 1.165) is 37.0 Å². The lowest BCUT2D eigenvalue weighted by molar-refractivity contribution is 0.129. The summed E-state index contributed by atoms with van der Waals surface area (Å²) in [5.41, 5.74) is 1.80. The number of hydrogen-bond donors (Lipinski definition) is 1. The van der Waals surface area contributed by atoms with Gasteiger partial charge in [-0.1, -0.05) is 19.4 Å². The van der Waals surface area contributed by atoms with Crippen LogP contribution in [0.1, 0.15) is 44.2 Å². The summed E-state index contributed by atoms with van der Waals surface area (Å²) in [7, 11) is 0. The lowest BCUT2D eigenvalue weighted by Gasteiger charge is -2.12. The first-order chi connectivity index (χ1) is 8.13. The van der Waals surface area contributed by atoms with Crippen LogP contribution < -0.4 is 4.74 Å². The molecule has 1 aromatic rings. The zero-order chi connectivity index (χ0) is 12.0. The molecular weight excluding hydrogens is 212 g/mol. The number of hydrogen-bond acceptors (Lipinski definition) is 2. The Bertz CT molecular complexity index is 441. The van der Waals surface area contributed by atoms with Gasteiger partial charge in [0.15, 0.2) is 0 Å². The van der Waals surface area contributed by atoms with Crippen LogP contribution in [0.3, 0.4) is 0 Å². The summed E-state index contributed by atoms with van der Waals surface area (Å²) in [5, 5.41) is 10.5. The van der Waals surface area contributed by atoms with Crippen LogP contribution in [-0.2, 0) is 12.0 Å². The Kier molecular flexibility index (Phi) is 2.44. The topological polar surface area (TPSA) is 29.5 Å². The molecule has 0 radical (unpaired) electrons. The molecule has 2 heteroatoms. The van der Waals surface area contributed by atoms with Gasteiger partial charge in [0.2, 0.25) is 0 Å². The van der Waals surface area contributed by atoms with E-state index in [1.165, 1.54) is 5.56 Å². The Hall–Kier alpha value is -1.02. The third kappa shape index (κ3) is 1.75. The molecule has 0 aromatic heterocycles. The third-order valence-corrected chi connectivity index (χ3v) is 4.11. The summed E-state index contributed by atoms with van der Waals surface area (Å²) >= 11 is 0. The van der Waals surface area contributed by atoms with Gasteiger partial charge in [-0.15, -0.1) is 0 Å². The summed E-state index contributed by atoms with van der Waals surface area (Å²) in [6, 6.07) is 6.20. The minimum atomic E-state index is -0.545. The number of benzene rings is 1. The predicted molar refractivity (Wildman–Crippen MR) is 67.1 cm³/mol. The van der Waals surface area contributed by atoms with Crippen molar-refractivity contribution < 1.29 is 9.84 Å². The van der Waals surface area contributed by atoms with Crippen LogP contribution >= 0.6 is 0 Å². The highest BCUT2D eigenvalue weighted by molar-refractivity contribution is 5.44. The van der Waals surface area contributed by atoms with Crippen LogP contribution in [0.4, 0.5) is 0 Å². The van der Waals surface area contributed by atoms with Gasteiger partial charge in [-0.2, -0.15) is 0 Å². The molecule has 0 amide bonds. The zero-order valence-electron chi connectivity index (χ0n) is 10.6. The van der Waals surface area contributed by atoms with E-state index < -0.39 is 5.60 Å². The molecule has 0 saturated heterocycles. The van der Waals surface area contributed by atoms with E-state index in [4.69, 9.17) is 4.74 Å². The van der Waals surface area contributed by atoms with E-state index >= 15 is 0 Å². The molecule has 1 fully saturated rings. The second-order valence-corrected chi connectivity index (χ2v) is 5.57. The number of rotatable bonds is 3. The fourth-order valence-corrected chi connectivity index (χ4v) is 3.05. The van der Waals surface area contributed by atoms with Crippen molar-refractivity contribution in [1.29, 1.82) is 0 Å². The van der Waals surface area contributed by atoms with Crippen LogP contribution in [0, 0.1) is 5.92 Å². The van der Waals surface area contributed by atoms with Gasteiger partial charge in [0.05, 0.1) is 5.60 Å². The number of ether oxygens (including phenoxy) is 1. The lowest BCUT2D eigenvalue weighted by atomic mass is 9.99. The van der Waals surface area contributed by atoms with Crippen molar-refractivity contribution >= 4 is 0 Å². The molecule has 2 aliphatic rings. The minimum Gasteiger partial charge on any atom is -0.490 e. The van der Waals surface area contributed by atoms with Gasteiger partial charge in [-0.25, -0.2) is 0 Å². The van der Waals surface area contributed by atoms with Crippen LogP contribution in [0.2, 0.25) is 0 Å². The Labute approximate surface area is 103 Å². The van der Waals surface area contributed by atoms with Gasteiger partial charge in [-0.3, -0.25) is 0 Å². The van der Waals surface area contributed by atoms with E-state index in [-0.39, 0.29) is 6.10 Å². The van der Waals surface area contributed by atoms with E-state index in [9.17, 15) is 5.11 Å². The Morgan fingerprint density at radius 2 is 2.29 bits per heavy atom. The molecule has 3 atom stereocenters. The highest BCUT2D eigenvalue weighted by atomic mass is 16.5. The highest BCUT2D eigenvalue weighted by Gasteiger charge is 2.53. The maximum Gasteiger partial charge on any atom is 0.123 e. The Morgan fingerprint density at radius 1 is 1.47 bits per heavy atom. The molecule has 3 rings (SSSR count). The Morgan fingerprint density at radius 3 is 3.06 bits per heavy atom. The summed E-state index contributed by atoms with van der Waals surface area (Å²) in [6.45, 7) is 4.27. The normalized spacial score (nSPS) is 34.3. The fourth-order valence-electron chi connectivity index (χ4n) is 3.05. The van der Waals surface area contributed by atoms with E-state index in [0.29, 0.717) is 5.92 Å². The second-order valence-electron chi connectivity index (χ2n) is 5.57. The zero-order valence-corrected chi connectivity index (χ0v) is 10.6. The molecule has 0 spiro atoms. The van der Waals surface area contributed by atoms with Gasteiger partial charge in [0.25, 0.3) is 0 Å². The van der Waals surface area contributed by atoms with Gasteiger partial charge < -0.3 is 9.84 Å². The number of fused-ring (bicyclic) bond motifs is 1. The number of aliphatic hydroxyl groups is 1. The maximum atomic E-state index is 10.5. The van der Waals surface area contributed by atoms with Crippen molar-refractivity contribution in [2.75, 3.05) is 0 Å². The van der Waals surface area contributed by atoms with E-state index in [1.807, 2.05) is 12.1 Å². The van der Waals surface area contributed by atoms with Gasteiger partial charge in [0, 0.05) is 6.42 Å². The SMILES string of the molecule is CCCC1CC1(O)c1ccc2c(c1)CC(C)O2. The average molecular weight is 232 g/mol. The van der Waals surface area contributed by atoms with Crippen molar-refractivity contribution in [3.05, 3.63) is 29.3 Å². The smallest absolute Gasteiger partial charge is 0.123 e. The third-order valence-electron chi connectivity index (χ3n) is 4.11. The summed E-state index contributed by atoms with van der Waals surface area (Å²) in [5.74, 6) is 1.46. The molecule has 1 aliphatic carbocycles. The maximum absolute atomic E-state index is 10.5. The molecular formula is C15H20O2. The summed E-state index contributed by atoms with van der Waals surface area (Å²) < 4.78 is 5.69.